The summed E-state index contributed by atoms with van der Waals surface area (Å²) in [5.41, 5.74) is 0.672. The Balaban J connectivity index is 1.92. The molecule has 0 atom stereocenters. The number of benzene rings is 1. The van der Waals surface area contributed by atoms with Crippen LogP contribution >= 0.6 is 0 Å². The second-order valence-corrected chi connectivity index (χ2v) is 4.20. The van der Waals surface area contributed by atoms with Gasteiger partial charge in [-0.05, 0) is 18.6 Å². The third-order valence-corrected chi connectivity index (χ3v) is 2.86. The molecule has 0 aromatic heterocycles. The number of likely N-dealkylation sites (tertiary alicyclic amines) is 1. The molecule has 96 valence electrons. The van der Waals surface area contributed by atoms with Crippen LogP contribution in [0.5, 0.6) is 5.75 Å². The molecular weight excluding hydrogens is 232 g/mol. The van der Waals surface area contributed by atoms with Gasteiger partial charge in [-0.2, -0.15) is 0 Å². The molecule has 0 aliphatic carbocycles. The van der Waals surface area contributed by atoms with Crippen LogP contribution in [0.1, 0.15) is 12.8 Å². The van der Waals surface area contributed by atoms with Gasteiger partial charge in [0.2, 0.25) is 11.8 Å². The molecule has 5 nitrogen and oxygen atoms in total. The highest BCUT2D eigenvalue weighted by Gasteiger charge is 2.22. The van der Waals surface area contributed by atoms with Crippen molar-refractivity contribution in [2.75, 3.05) is 25.5 Å². The van der Waals surface area contributed by atoms with Crippen LogP contribution < -0.4 is 10.1 Å². The summed E-state index contributed by atoms with van der Waals surface area (Å²) in [6.07, 6.45) is 1.39. The maximum absolute atomic E-state index is 11.8. The topological polar surface area (TPSA) is 58.6 Å². The second kappa shape index (κ2) is 5.53. The highest BCUT2D eigenvalue weighted by atomic mass is 16.5. The quantitative estimate of drug-likeness (QED) is 0.872. The lowest BCUT2D eigenvalue weighted by Crippen LogP contribution is -2.33. The third kappa shape index (κ3) is 3.00. The van der Waals surface area contributed by atoms with Gasteiger partial charge >= 0.3 is 0 Å². The summed E-state index contributed by atoms with van der Waals surface area (Å²) >= 11 is 0. The second-order valence-electron chi connectivity index (χ2n) is 4.20. The van der Waals surface area contributed by atoms with Crippen LogP contribution in [0, 0.1) is 0 Å². The van der Waals surface area contributed by atoms with E-state index in [4.69, 9.17) is 4.74 Å². The van der Waals surface area contributed by atoms with Gasteiger partial charge < -0.3 is 15.0 Å². The number of hydrogen-bond acceptors (Lipinski definition) is 3. The Kier molecular flexibility index (Phi) is 3.82. The monoisotopic (exact) mass is 248 g/mol. The fourth-order valence-electron chi connectivity index (χ4n) is 1.95. The van der Waals surface area contributed by atoms with Crippen molar-refractivity contribution >= 4 is 17.5 Å². The number of hydrogen-bond donors (Lipinski definition) is 1. The predicted octanol–water partition coefficient (Wildman–Crippen LogP) is 1.26. The summed E-state index contributed by atoms with van der Waals surface area (Å²) in [6, 6.07) is 7.13. The summed E-state index contributed by atoms with van der Waals surface area (Å²) < 4.78 is 5.07. The van der Waals surface area contributed by atoms with Crippen LogP contribution in [0.25, 0.3) is 0 Å². The van der Waals surface area contributed by atoms with Gasteiger partial charge in [0, 0.05) is 24.7 Å². The molecule has 0 saturated carbocycles. The molecule has 1 saturated heterocycles. The summed E-state index contributed by atoms with van der Waals surface area (Å²) in [5.74, 6) is 0.555. The average Bonchev–Trinajstić information content (AvgIpc) is 2.75. The van der Waals surface area contributed by atoms with Crippen molar-refractivity contribution in [3.05, 3.63) is 24.3 Å². The van der Waals surface area contributed by atoms with E-state index in [2.05, 4.69) is 5.32 Å². The fourth-order valence-corrected chi connectivity index (χ4v) is 1.95. The lowest BCUT2D eigenvalue weighted by Gasteiger charge is -2.15. The van der Waals surface area contributed by atoms with Crippen molar-refractivity contribution in [3.63, 3.8) is 0 Å². The van der Waals surface area contributed by atoms with Crippen LogP contribution in [0.4, 0.5) is 5.69 Å². The van der Waals surface area contributed by atoms with Gasteiger partial charge in [0.1, 0.15) is 5.75 Å². The first kappa shape index (κ1) is 12.4. The molecule has 1 heterocycles. The van der Waals surface area contributed by atoms with Crippen molar-refractivity contribution < 1.29 is 14.3 Å². The smallest absolute Gasteiger partial charge is 0.243 e. The van der Waals surface area contributed by atoms with E-state index in [1.807, 2.05) is 0 Å². The van der Waals surface area contributed by atoms with Gasteiger partial charge in [-0.15, -0.1) is 0 Å². The van der Waals surface area contributed by atoms with Gasteiger partial charge in [-0.3, -0.25) is 9.59 Å². The molecule has 0 unspecified atom stereocenters. The largest absolute Gasteiger partial charge is 0.497 e. The average molecular weight is 248 g/mol. The summed E-state index contributed by atoms with van der Waals surface area (Å²) in [6.45, 7) is 0.792. The summed E-state index contributed by atoms with van der Waals surface area (Å²) in [5, 5.41) is 2.75. The number of amides is 2. The van der Waals surface area contributed by atoms with Crippen molar-refractivity contribution in [2.45, 2.75) is 12.8 Å². The third-order valence-electron chi connectivity index (χ3n) is 2.86. The Morgan fingerprint density at radius 2 is 2.33 bits per heavy atom. The van der Waals surface area contributed by atoms with Crippen LogP contribution in [-0.4, -0.2) is 36.9 Å². The molecule has 0 radical (unpaired) electrons. The molecule has 1 aromatic rings. The molecule has 1 fully saturated rings. The number of nitrogens with one attached hydrogen (secondary N) is 1. The lowest BCUT2D eigenvalue weighted by atomic mass is 10.3. The molecule has 1 aliphatic rings. The molecule has 2 amide bonds. The van der Waals surface area contributed by atoms with Crippen molar-refractivity contribution in [1.29, 1.82) is 0 Å². The van der Waals surface area contributed by atoms with Crippen molar-refractivity contribution in [2.24, 2.45) is 0 Å². The van der Waals surface area contributed by atoms with Crippen molar-refractivity contribution in [1.82, 2.24) is 4.90 Å². The highest BCUT2D eigenvalue weighted by Crippen LogP contribution is 2.17. The van der Waals surface area contributed by atoms with Crippen LogP contribution in [0.15, 0.2) is 24.3 Å². The van der Waals surface area contributed by atoms with E-state index in [0.717, 1.165) is 6.42 Å². The maximum atomic E-state index is 11.8. The Bertz CT molecular complexity index is 459. The highest BCUT2D eigenvalue weighted by molar-refractivity contribution is 5.95. The Hall–Kier alpha value is -2.04. The van der Waals surface area contributed by atoms with Gasteiger partial charge in [-0.1, -0.05) is 6.07 Å². The molecule has 0 spiro atoms. The molecule has 1 N–H and O–H groups in total. The van der Waals surface area contributed by atoms with Gasteiger partial charge in [0.05, 0.1) is 13.7 Å². The SMILES string of the molecule is COc1cccc(NC(=O)CN2CCCC2=O)c1. The first-order valence-electron chi connectivity index (χ1n) is 5.91. The molecule has 1 aromatic carbocycles. The zero-order chi connectivity index (χ0) is 13.0. The number of carbonyl (C=O) groups excluding carboxylic acids is 2. The number of carbonyl (C=O) groups is 2. The number of rotatable bonds is 4. The Labute approximate surface area is 106 Å². The van der Waals surface area contributed by atoms with E-state index >= 15 is 0 Å². The zero-order valence-electron chi connectivity index (χ0n) is 10.3. The van der Waals surface area contributed by atoms with E-state index in [1.54, 1.807) is 36.3 Å². The van der Waals surface area contributed by atoms with E-state index in [1.165, 1.54) is 0 Å². The molecule has 1 aliphatic heterocycles. The summed E-state index contributed by atoms with van der Waals surface area (Å²) in [4.78, 5) is 24.7. The van der Waals surface area contributed by atoms with E-state index in [9.17, 15) is 9.59 Å². The zero-order valence-corrected chi connectivity index (χ0v) is 10.3. The minimum absolute atomic E-state index is 0.0517. The summed E-state index contributed by atoms with van der Waals surface area (Å²) in [7, 11) is 1.57. The number of nitrogens with zero attached hydrogens (tertiary/aromatic N) is 1. The van der Waals surface area contributed by atoms with Crippen LogP contribution in [-0.2, 0) is 9.59 Å². The first-order valence-corrected chi connectivity index (χ1v) is 5.91. The molecular formula is C13H16N2O3. The Morgan fingerprint density at radius 3 is 3.00 bits per heavy atom. The minimum Gasteiger partial charge on any atom is -0.497 e. The van der Waals surface area contributed by atoms with E-state index < -0.39 is 0 Å². The van der Waals surface area contributed by atoms with Gasteiger partial charge in [0.15, 0.2) is 0 Å². The minimum atomic E-state index is -0.182. The van der Waals surface area contributed by atoms with Crippen molar-refractivity contribution in [3.8, 4) is 5.75 Å². The predicted molar refractivity (Wildman–Crippen MR) is 67.4 cm³/mol. The number of ether oxygens (including phenoxy) is 1. The van der Waals surface area contributed by atoms with Gasteiger partial charge in [-0.25, -0.2) is 0 Å². The first-order chi connectivity index (χ1) is 8.69. The van der Waals surface area contributed by atoms with E-state index in [-0.39, 0.29) is 18.4 Å². The maximum Gasteiger partial charge on any atom is 0.243 e. The fraction of sp³-hybridized carbons (Fsp3) is 0.385. The standard InChI is InChI=1S/C13H16N2O3/c1-18-11-5-2-4-10(8-11)14-12(16)9-15-7-3-6-13(15)17/h2,4-5,8H,3,6-7,9H2,1H3,(H,14,16). The number of anilines is 1. The lowest BCUT2D eigenvalue weighted by molar-refractivity contribution is -0.131. The normalized spacial score (nSPS) is 14.7. The molecule has 0 bridgehead atoms. The Morgan fingerprint density at radius 1 is 1.50 bits per heavy atom. The molecule has 2 rings (SSSR count). The number of methoxy groups -OCH3 is 1. The van der Waals surface area contributed by atoms with Crippen LogP contribution in [0.3, 0.4) is 0 Å². The molecule has 5 heteroatoms. The van der Waals surface area contributed by atoms with Gasteiger partial charge in [0.25, 0.3) is 0 Å². The van der Waals surface area contributed by atoms with E-state index in [0.29, 0.717) is 24.4 Å². The van der Waals surface area contributed by atoms with Crippen LogP contribution in [0.2, 0.25) is 0 Å². The molecule has 18 heavy (non-hydrogen) atoms.